The van der Waals surface area contributed by atoms with E-state index in [1.165, 1.54) is 51.6 Å². The molecule has 4 aromatic rings. The van der Waals surface area contributed by atoms with E-state index in [1.807, 2.05) is 4.90 Å². The lowest BCUT2D eigenvalue weighted by molar-refractivity contribution is 0.0687. The van der Waals surface area contributed by atoms with Gasteiger partial charge in [-0.2, -0.15) is 9.40 Å². The Bertz CT molecular complexity index is 1860. The maximum atomic E-state index is 13.8. The Kier molecular flexibility index (Phi) is 7.62. The summed E-state index contributed by atoms with van der Waals surface area (Å²) in [6, 6.07) is 8.88. The highest BCUT2D eigenvalue weighted by atomic mass is 32.2. The number of benzene rings is 1. The minimum absolute atomic E-state index is 0.0438. The molecule has 2 aliphatic rings. The molecule has 228 valence electrons. The van der Waals surface area contributed by atoms with E-state index in [4.69, 9.17) is 10.5 Å². The van der Waals surface area contributed by atoms with Crippen molar-refractivity contribution in [3.63, 3.8) is 0 Å². The van der Waals surface area contributed by atoms with E-state index in [0.717, 1.165) is 0 Å². The van der Waals surface area contributed by atoms with Crippen LogP contribution < -0.4 is 16.0 Å². The molecule has 0 radical (unpaired) electrons. The number of primary amides is 1. The van der Waals surface area contributed by atoms with E-state index in [2.05, 4.69) is 20.5 Å². The molecule has 5 N–H and O–H groups in total. The van der Waals surface area contributed by atoms with Crippen LogP contribution in [-0.4, -0.2) is 88.2 Å². The van der Waals surface area contributed by atoms with E-state index in [9.17, 15) is 27.9 Å². The predicted molar refractivity (Wildman–Crippen MR) is 156 cm³/mol. The number of hydrogen-bond donors (Lipinski definition) is 4. The van der Waals surface area contributed by atoms with Gasteiger partial charge < -0.3 is 30.4 Å². The number of fused-ring (bicyclic) bond motifs is 1. The van der Waals surface area contributed by atoms with Gasteiger partial charge in [-0.1, -0.05) is 0 Å². The first-order valence-corrected chi connectivity index (χ1v) is 15.1. The maximum Gasteiger partial charge on any atom is 0.352 e. The number of aromatic amines is 1. The number of aromatic nitrogens is 4. The third kappa shape index (κ3) is 5.29. The fourth-order valence-corrected chi connectivity index (χ4v) is 6.76. The van der Waals surface area contributed by atoms with Crippen molar-refractivity contribution in [1.82, 2.24) is 24.1 Å². The first kappa shape index (κ1) is 29.0. The highest BCUT2D eigenvalue weighted by Crippen LogP contribution is 2.33. The molecular weight excluding hydrogens is 592 g/mol. The van der Waals surface area contributed by atoms with E-state index in [1.54, 1.807) is 12.3 Å². The summed E-state index contributed by atoms with van der Waals surface area (Å²) in [4.78, 5) is 44.3. The normalized spacial score (nSPS) is 15.5. The number of aromatic carboxylic acids is 1. The topological polar surface area (TPSA) is 206 Å². The molecule has 0 saturated carbocycles. The van der Waals surface area contributed by atoms with E-state index in [-0.39, 0.29) is 40.6 Å². The zero-order valence-electron chi connectivity index (χ0n) is 23.3. The largest absolute Gasteiger partial charge is 0.477 e. The van der Waals surface area contributed by atoms with Crippen LogP contribution in [0, 0.1) is 0 Å². The fraction of sp³-hybridized carbons (Fsp3) is 0.250. The van der Waals surface area contributed by atoms with E-state index < -0.39 is 27.8 Å². The molecule has 0 aliphatic carbocycles. The van der Waals surface area contributed by atoms with E-state index in [0.29, 0.717) is 55.4 Å². The number of rotatable bonds is 8. The number of pyridine rings is 1. The second kappa shape index (κ2) is 11.6. The monoisotopic (exact) mass is 620 g/mol. The van der Waals surface area contributed by atoms with Crippen LogP contribution in [0.2, 0.25) is 0 Å². The van der Waals surface area contributed by atoms with Crippen LogP contribution in [0.1, 0.15) is 42.5 Å². The minimum atomic E-state index is -3.86. The summed E-state index contributed by atoms with van der Waals surface area (Å²) in [7, 11) is -3.86. The zero-order chi connectivity index (χ0) is 31.0. The van der Waals surface area contributed by atoms with Crippen LogP contribution in [0.5, 0.6) is 0 Å². The van der Waals surface area contributed by atoms with Crippen LogP contribution in [-0.2, 0) is 27.7 Å². The Morgan fingerprint density at radius 2 is 1.82 bits per heavy atom. The quantitative estimate of drug-likeness (QED) is 0.222. The summed E-state index contributed by atoms with van der Waals surface area (Å²) < 4.78 is 34.6. The lowest BCUT2D eigenvalue weighted by Gasteiger charge is -2.31. The Balaban J connectivity index is 1.37. The van der Waals surface area contributed by atoms with Gasteiger partial charge in [-0.15, -0.1) is 0 Å². The number of carboxylic acids is 1. The maximum absolute atomic E-state index is 13.8. The number of sulfonamides is 1. The molecule has 1 aromatic carbocycles. The molecule has 0 spiro atoms. The van der Waals surface area contributed by atoms with E-state index >= 15 is 0 Å². The number of hydrogen-bond acceptors (Lipinski definition) is 9. The molecule has 1 saturated heterocycles. The number of carbonyl (C=O) groups excluding carboxylic acids is 2. The lowest BCUT2D eigenvalue weighted by Crippen LogP contribution is -2.37. The van der Waals surface area contributed by atoms with Crippen LogP contribution in [0.15, 0.2) is 59.9 Å². The molecule has 5 heterocycles. The molecule has 3 aromatic heterocycles. The highest BCUT2D eigenvalue weighted by Gasteiger charge is 2.32. The molecule has 2 amide bonds. The number of amides is 2. The number of nitrogens with two attached hydrogens (primary N) is 1. The first-order valence-electron chi connectivity index (χ1n) is 13.6. The number of H-pyrrole nitrogens is 1. The van der Waals surface area contributed by atoms with Crippen LogP contribution in [0.3, 0.4) is 0 Å². The molecule has 2 aliphatic heterocycles. The summed E-state index contributed by atoms with van der Waals surface area (Å²) in [5, 5.41) is 19.6. The van der Waals surface area contributed by atoms with Gasteiger partial charge in [-0.25, -0.2) is 13.2 Å². The number of anilines is 2. The molecule has 0 bridgehead atoms. The lowest BCUT2D eigenvalue weighted by atomic mass is 10.0. The number of ether oxygens (including phenoxy) is 1. The van der Waals surface area contributed by atoms with Gasteiger partial charge in [0.15, 0.2) is 5.82 Å². The van der Waals surface area contributed by atoms with Crippen LogP contribution >= 0.6 is 0 Å². The summed E-state index contributed by atoms with van der Waals surface area (Å²) in [5.74, 6) is -2.68. The molecule has 15 nitrogen and oxygen atoms in total. The van der Waals surface area contributed by atoms with Crippen LogP contribution in [0.4, 0.5) is 11.5 Å². The van der Waals surface area contributed by atoms with Crippen LogP contribution in [0.25, 0.3) is 5.69 Å². The van der Waals surface area contributed by atoms with Gasteiger partial charge in [0.05, 0.1) is 35.7 Å². The fourth-order valence-electron chi connectivity index (χ4n) is 5.39. The first-order chi connectivity index (χ1) is 21.1. The standard InChI is InChI=1S/C28H28N8O7S/c29-25(37)18-13-23(34-9-11-43-12-10-34)24(36-7-2-4-22(36)28(39)40)14-19(18)27(38)31-26-20-16-35(8-5-21(20)32-33-26)44(41,42)17-3-1-6-30-15-17/h1-4,6-7,13-15H,5,8-12,16H2,(H2,29,37)(H,39,40)(H2,31,32,33,38). The minimum Gasteiger partial charge on any atom is -0.477 e. The van der Waals surface area contributed by atoms with Gasteiger partial charge in [-0.3, -0.25) is 19.7 Å². The van der Waals surface area contributed by atoms with Gasteiger partial charge in [0.2, 0.25) is 15.9 Å². The van der Waals surface area contributed by atoms with Gasteiger partial charge in [-0.05, 0) is 36.4 Å². The Morgan fingerprint density at radius 1 is 1.05 bits per heavy atom. The average molecular weight is 621 g/mol. The highest BCUT2D eigenvalue weighted by molar-refractivity contribution is 7.89. The summed E-state index contributed by atoms with van der Waals surface area (Å²) in [5.41, 5.74) is 7.49. The van der Waals surface area contributed by atoms with Crippen molar-refractivity contribution in [2.45, 2.75) is 17.9 Å². The molecule has 0 unspecified atom stereocenters. The zero-order valence-corrected chi connectivity index (χ0v) is 24.1. The second-order valence-electron chi connectivity index (χ2n) is 10.2. The number of carboxylic acid groups (broad SMARTS) is 1. The second-order valence-corrected chi connectivity index (χ2v) is 12.1. The molecule has 44 heavy (non-hydrogen) atoms. The molecule has 16 heteroatoms. The SMILES string of the molecule is NC(=O)c1cc(N2CCOCC2)c(-n2cccc2C(=O)O)cc1C(=O)Nc1n[nH]c2c1CN(S(=O)(=O)c1cccnc1)CC2. The van der Waals surface area contributed by atoms with Crippen molar-refractivity contribution >= 4 is 39.3 Å². The number of nitrogens with zero attached hydrogens (tertiary/aromatic N) is 5. The average Bonchev–Trinajstić information content (AvgIpc) is 3.69. The Morgan fingerprint density at radius 3 is 2.52 bits per heavy atom. The van der Waals surface area contributed by atoms with Gasteiger partial charge >= 0.3 is 5.97 Å². The van der Waals surface area contributed by atoms with Crippen molar-refractivity contribution in [2.75, 3.05) is 43.1 Å². The van der Waals surface area contributed by atoms with Gasteiger partial charge in [0.25, 0.3) is 5.91 Å². The smallest absolute Gasteiger partial charge is 0.352 e. The number of carbonyl (C=O) groups is 3. The predicted octanol–water partition coefficient (Wildman–Crippen LogP) is 1.23. The van der Waals surface area contributed by atoms with Crippen molar-refractivity contribution in [3.05, 3.63) is 83.1 Å². The van der Waals surface area contributed by atoms with Crippen molar-refractivity contribution in [2.24, 2.45) is 5.73 Å². The molecule has 0 atom stereocenters. The number of morpholine rings is 1. The number of nitrogens with one attached hydrogen (secondary N) is 2. The molecule has 6 rings (SSSR count). The van der Waals surface area contributed by atoms with Crippen molar-refractivity contribution in [1.29, 1.82) is 0 Å². The Hall–Kier alpha value is -5.06. The van der Waals surface area contributed by atoms with Gasteiger partial charge in [0, 0.05) is 62.4 Å². The summed E-state index contributed by atoms with van der Waals surface area (Å²) in [6.07, 6.45) is 4.63. The summed E-state index contributed by atoms with van der Waals surface area (Å²) in [6.45, 7) is 1.91. The van der Waals surface area contributed by atoms with Gasteiger partial charge in [0.1, 0.15) is 10.6 Å². The molecular formula is C28H28N8O7S. The van der Waals surface area contributed by atoms with Crippen molar-refractivity contribution in [3.8, 4) is 5.69 Å². The molecule has 1 fully saturated rings. The Labute approximate surface area is 251 Å². The summed E-state index contributed by atoms with van der Waals surface area (Å²) >= 11 is 0. The third-order valence-electron chi connectivity index (χ3n) is 7.61. The van der Waals surface area contributed by atoms with Crippen molar-refractivity contribution < 1.29 is 32.6 Å². The third-order valence-corrected chi connectivity index (χ3v) is 9.44.